The molecule has 0 aliphatic heterocycles. The van der Waals surface area contributed by atoms with Crippen LogP contribution in [0.5, 0.6) is 11.6 Å². The molecule has 160 valence electrons. The quantitative estimate of drug-likeness (QED) is 0.353. The molecule has 0 fully saturated rings. The first-order valence-electron chi connectivity index (χ1n) is 10.3. The molecule has 5 rings (SSSR count). The number of nitriles is 1. The molecule has 2 aromatic heterocycles. The van der Waals surface area contributed by atoms with Gasteiger partial charge in [0.2, 0.25) is 11.8 Å². The van der Waals surface area contributed by atoms with Gasteiger partial charge in [0.25, 0.3) is 0 Å². The molecule has 0 amide bonds. The Morgan fingerprint density at radius 2 is 1.67 bits per heavy atom. The number of nitrogens with one attached hydrogen (secondary N) is 1. The Morgan fingerprint density at radius 3 is 2.45 bits per heavy atom. The van der Waals surface area contributed by atoms with Crippen molar-refractivity contribution in [1.82, 2.24) is 14.5 Å². The number of hydrogen-bond acceptors (Lipinski definition) is 5. The molecule has 1 N–H and O–H groups in total. The molecule has 0 saturated heterocycles. The third-order valence-electron chi connectivity index (χ3n) is 5.08. The molecule has 7 heteroatoms. The highest BCUT2D eigenvalue weighted by Crippen LogP contribution is 2.26. The number of benzene rings is 3. The first kappa shape index (κ1) is 20.2. The molecule has 2 heterocycles. The Bertz CT molecular complexity index is 1450. The van der Waals surface area contributed by atoms with Gasteiger partial charge >= 0.3 is 0 Å². The molecule has 0 bridgehead atoms. The highest BCUT2D eigenvalue weighted by Gasteiger charge is 2.12. The Kier molecular flexibility index (Phi) is 5.40. The van der Waals surface area contributed by atoms with E-state index in [1.807, 2.05) is 54.6 Å². The third-order valence-corrected chi connectivity index (χ3v) is 5.08. The van der Waals surface area contributed by atoms with Crippen LogP contribution in [0.1, 0.15) is 11.3 Å². The predicted octanol–water partition coefficient (Wildman–Crippen LogP) is 6.03. The maximum atomic E-state index is 13.3. The van der Waals surface area contributed by atoms with E-state index in [0.29, 0.717) is 29.8 Å². The van der Waals surface area contributed by atoms with Crippen LogP contribution in [-0.4, -0.2) is 14.5 Å². The van der Waals surface area contributed by atoms with Crippen molar-refractivity contribution in [2.24, 2.45) is 0 Å². The molecule has 6 nitrogen and oxygen atoms in total. The van der Waals surface area contributed by atoms with Crippen molar-refractivity contribution in [1.29, 1.82) is 5.26 Å². The molecule has 0 aliphatic carbocycles. The fourth-order valence-electron chi connectivity index (χ4n) is 3.49. The van der Waals surface area contributed by atoms with Gasteiger partial charge in [-0.25, -0.2) is 14.4 Å². The van der Waals surface area contributed by atoms with E-state index in [1.54, 1.807) is 30.3 Å². The number of imidazole rings is 1. The molecular formula is C26H18FN5O. The van der Waals surface area contributed by atoms with Crippen LogP contribution in [0.4, 0.5) is 16.0 Å². The summed E-state index contributed by atoms with van der Waals surface area (Å²) in [7, 11) is 0. The summed E-state index contributed by atoms with van der Waals surface area (Å²) in [5, 5.41) is 12.4. The number of aromatic nitrogens is 3. The van der Waals surface area contributed by atoms with Crippen LogP contribution in [0, 0.1) is 17.1 Å². The van der Waals surface area contributed by atoms with Crippen molar-refractivity contribution >= 4 is 22.7 Å². The maximum Gasteiger partial charge on any atom is 0.220 e. The Balaban J connectivity index is 1.39. The number of ether oxygens (including phenoxy) is 1. The van der Waals surface area contributed by atoms with Crippen LogP contribution in [0.2, 0.25) is 0 Å². The smallest absolute Gasteiger partial charge is 0.220 e. The zero-order valence-corrected chi connectivity index (χ0v) is 17.4. The second-order valence-electron chi connectivity index (χ2n) is 7.36. The van der Waals surface area contributed by atoms with E-state index in [2.05, 4.69) is 14.9 Å². The number of pyridine rings is 1. The van der Waals surface area contributed by atoms with Crippen LogP contribution in [0.25, 0.3) is 11.0 Å². The van der Waals surface area contributed by atoms with Gasteiger partial charge in [-0.15, -0.1) is 0 Å². The second kappa shape index (κ2) is 8.81. The summed E-state index contributed by atoms with van der Waals surface area (Å²) in [5.74, 6) is 1.38. The Labute approximate surface area is 189 Å². The number of hydrogen-bond donors (Lipinski definition) is 1. The largest absolute Gasteiger partial charge is 0.439 e. The van der Waals surface area contributed by atoms with Gasteiger partial charge in [-0.05, 0) is 60.2 Å². The van der Waals surface area contributed by atoms with Crippen molar-refractivity contribution in [2.75, 3.05) is 5.32 Å². The zero-order chi connectivity index (χ0) is 22.6. The van der Waals surface area contributed by atoms with Gasteiger partial charge in [-0.3, -0.25) is 0 Å². The minimum atomic E-state index is -0.260. The minimum Gasteiger partial charge on any atom is -0.439 e. The Morgan fingerprint density at radius 1 is 0.879 bits per heavy atom. The van der Waals surface area contributed by atoms with Crippen molar-refractivity contribution in [3.63, 3.8) is 0 Å². The van der Waals surface area contributed by atoms with Crippen molar-refractivity contribution in [3.8, 4) is 17.7 Å². The van der Waals surface area contributed by atoms with E-state index < -0.39 is 0 Å². The van der Waals surface area contributed by atoms with Gasteiger partial charge in [0.1, 0.15) is 23.3 Å². The van der Waals surface area contributed by atoms with Crippen molar-refractivity contribution in [2.45, 2.75) is 6.54 Å². The monoisotopic (exact) mass is 435 g/mol. The lowest BCUT2D eigenvalue weighted by Crippen LogP contribution is -2.05. The lowest BCUT2D eigenvalue weighted by Gasteiger charge is -2.12. The zero-order valence-electron chi connectivity index (χ0n) is 17.4. The number of rotatable bonds is 6. The number of para-hydroxylation sites is 2. The molecular weight excluding hydrogens is 417 g/mol. The molecule has 0 saturated carbocycles. The summed E-state index contributed by atoms with van der Waals surface area (Å²) < 4.78 is 21.1. The average molecular weight is 435 g/mol. The summed E-state index contributed by atoms with van der Waals surface area (Å²) in [4.78, 5) is 8.86. The van der Waals surface area contributed by atoms with Crippen molar-refractivity contribution < 1.29 is 9.13 Å². The first-order valence-corrected chi connectivity index (χ1v) is 10.3. The van der Waals surface area contributed by atoms with Gasteiger partial charge in [0.05, 0.1) is 17.6 Å². The summed E-state index contributed by atoms with van der Waals surface area (Å²) >= 11 is 0. The second-order valence-corrected chi connectivity index (χ2v) is 7.36. The molecule has 0 atom stereocenters. The molecule has 0 unspecified atom stereocenters. The normalized spacial score (nSPS) is 10.7. The molecule has 33 heavy (non-hydrogen) atoms. The van der Waals surface area contributed by atoms with E-state index >= 15 is 0 Å². The lowest BCUT2D eigenvalue weighted by molar-refractivity contribution is 0.462. The van der Waals surface area contributed by atoms with Gasteiger partial charge in [-0.2, -0.15) is 5.26 Å². The van der Waals surface area contributed by atoms with Gasteiger partial charge in [-0.1, -0.05) is 30.3 Å². The Hall–Kier alpha value is -4.70. The average Bonchev–Trinajstić information content (AvgIpc) is 3.18. The number of nitrogens with zero attached hydrogens (tertiary/aromatic N) is 4. The highest BCUT2D eigenvalue weighted by molar-refractivity contribution is 5.79. The fourth-order valence-corrected chi connectivity index (χ4v) is 3.49. The number of anilines is 2. The SMILES string of the molecule is N#Cc1cccc(Oc2ccc(Nc3nc4ccccc4n3Cc3ccc(F)cc3)cc2)n1. The summed E-state index contributed by atoms with van der Waals surface area (Å²) in [5.41, 5.74) is 3.94. The standard InChI is InChI=1S/C26H18FN5O/c27-19-10-8-18(9-11-19)17-32-24-6-2-1-5-23(24)31-26(32)30-20-12-14-22(15-13-20)33-25-7-3-4-21(16-28)29-25/h1-15H,17H2,(H,30,31). The number of halogens is 1. The number of fused-ring (bicyclic) bond motifs is 1. The van der Waals surface area contributed by atoms with E-state index in [0.717, 1.165) is 22.3 Å². The first-order chi connectivity index (χ1) is 16.2. The molecule has 0 aliphatic rings. The van der Waals surface area contributed by atoms with Gasteiger partial charge in [0, 0.05) is 11.8 Å². The van der Waals surface area contributed by atoms with Crippen LogP contribution in [-0.2, 0) is 6.54 Å². The van der Waals surface area contributed by atoms with Gasteiger partial charge in [0.15, 0.2) is 0 Å². The maximum absolute atomic E-state index is 13.3. The van der Waals surface area contributed by atoms with Crippen LogP contribution in [0.3, 0.4) is 0 Å². The minimum absolute atomic E-state index is 0.260. The molecule has 3 aromatic carbocycles. The van der Waals surface area contributed by atoms with E-state index in [1.165, 1.54) is 12.1 Å². The summed E-state index contributed by atoms with van der Waals surface area (Å²) in [6.45, 7) is 0.547. The van der Waals surface area contributed by atoms with E-state index in [9.17, 15) is 4.39 Å². The van der Waals surface area contributed by atoms with Gasteiger partial charge < -0.3 is 14.6 Å². The van der Waals surface area contributed by atoms with E-state index in [4.69, 9.17) is 15.0 Å². The van der Waals surface area contributed by atoms with Crippen LogP contribution < -0.4 is 10.1 Å². The van der Waals surface area contributed by atoms with E-state index in [-0.39, 0.29) is 5.82 Å². The van der Waals surface area contributed by atoms with Crippen LogP contribution in [0.15, 0.2) is 91.0 Å². The molecule has 0 spiro atoms. The topological polar surface area (TPSA) is 75.8 Å². The summed E-state index contributed by atoms with van der Waals surface area (Å²) in [6.07, 6.45) is 0. The highest BCUT2D eigenvalue weighted by atomic mass is 19.1. The third kappa shape index (κ3) is 4.50. The van der Waals surface area contributed by atoms with Crippen molar-refractivity contribution in [3.05, 3.63) is 108 Å². The van der Waals surface area contributed by atoms with Crippen LogP contribution >= 0.6 is 0 Å². The molecule has 0 radical (unpaired) electrons. The fraction of sp³-hybridized carbons (Fsp3) is 0.0385. The predicted molar refractivity (Wildman–Crippen MR) is 124 cm³/mol. The summed E-state index contributed by atoms with van der Waals surface area (Å²) in [6, 6.07) is 28.8. The molecule has 5 aromatic rings. The lowest BCUT2D eigenvalue weighted by atomic mass is 10.2.